The molecule has 0 saturated carbocycles. The van der Waals surface area contributed by atoms with Crippen molar-refractivity contribution in [2.45, 2.75) is 39.7 Å². The van der Waals surface area contributed by atoms with Crippen LogP contribution < -0.4 is 5.73 Å². The molecular formula is C11H18BrNS. The van der Waals surface area contributed by atoms with Crippen LogP contribution in [0.2, 0.25) is 0 Å². The van der Waals surface area contributed by atoms with Gasteiger partial charge in [-0.1, -0.05) is 20.8 Å². The van der Waals surface area contributed by atoms with E-state index in [9.17, 15) is 0 Å². The van der Waals surface area contributed by atoms with Crippen LogP contribution >= 0.6 is 27.3 Å². The van der Waals surface area contributed by atoms with Gasteiger partial charge >= 0.3 is 0 Å². The Bertz CT molecular complexity index is 293. The van der Waals surface area contributed by atoms with E-state index in [0.29, 0.717) is 0 Å². The number of hydrogen-bond acceptors (Lipinski definition) is 2. The maximum absolute atomic E-state index is 6.19. The molecule has 3 heteroatoms. The van der Waals surface area contributed by atoms with Gasteiger partial charge in [-0.15, -0.1) is 11.3 Å². The van der Waals surface area contributed by atoms with E-state index >= 15 is 0 Å². The van der Waals surface area contributed by atoms with Gasteiger partial charge in [0, 0.05) is 20.8 Å². The third-order valence-corrected chi connectivity index (χ3v) is 4.68. The Labute approximate surface area is 98.8 Å². The molecule has 0 fully saturated rings. The van der Waals surface area contributed by atoms with Crippen LogP contribution in [0.25, 0.3) is 0 Å². The van der Waals surface area contributed by atoms with Crippen molar-refractivity contribution in [3.05, 3.63) is 20.8 Å². The number of thiophene rings is 1. The first-order valence-electron chi connectivity index (χ1n) is 4.94. The summed E-state index contributed by atoms with van der Waals surface area (Å²) in [4.78, 5) is 1.37. The molecule has 0 aliphatic rings. The lowest BCUT2D eigenvalue weighted by molar-refractivity contribution is 0.273. The standard InChI is InChI=1S/C11H18BrNS/c1-4-11(2,3)10(13)6-9-5-8(12)7-14-9/h5,7,10H,4,6,13H2,1-3H3. The van der Waals surface area contributed by atoms with Gasteiger partial charge in [-0.25, -0.2) is 0 Å². The van der Waals surface area contributed by atoms with Gasteiger partial charge < -0.3 is 5.73 Å². The SMILES string of the molecule is CCC(C)(C)C(N)Cc1cc(Br)cs1. The van der Waals surface area contributed by atoms with Crippen LogP contribution in [0.4, 0.5) is 0 Å². The molecule has 0 aromatic carbocycles. The molecule has 1 rings (SSSR count). The van der Waals surface area contributed by atoms with Crippen molar-refractivity contribution in [2.24, 2.45) is 11.1 Å². The molecule has 0 saturated heterocycles. The van der Waals surface area contributed by atoms with Crippen LogP contribution in [0.5, 0.6) is 0 Å². The lowest BCUT2D eigenvalue weighted by Gasteiger charge is -2.30. The fourth-order valence-corrected chi connectivity index (χ4v) is 2.73. The monoisotopic (exact) mass is 275 g/mol. The number of halogens is 1. The maximum Gasteiger partial charge on any atom is 0.0285 e. The predicted molar refractivity (Wildman–Crippen MR) is 67.8 cm³/mol. The summed E-state index contributed by atoms with van der Waals surface area (Å²) >= 11 is 5.24. The third-order valence-electron chi connectivity index (χ3n) is 2.96. The van der Waals surface area contributed by atoms with Crippen molar-refractivity contribution in [1.29, 1.82) is 0 Å². The Kier molecular flexibility index (Phi) is 4.16. The average molecular weight is 276 g/mol. The van der Waals surface area contributed by atoms with Crippen LogP contribution in [0.15, 0.2) is 15.9 Å². The second kappa shape index (κ2) is 4.77. The topological polar surface area (TPSA) is 26.0 Å². The molecule has 0 spiro atoms. The Hall–Kier alpha value is 0.140. The Morgan fingerprint density at radius 2 is 2.21 bits per heavy atom. The summed E-state index contributed by atoms with van der Waals surface area (Å²) in [6.45, 7) is 6.67. The first-order chi connectivity index (χ1) is 6.45. The summed E-state index contributed by atoms with van der Waals surface area (Å²) in [5.41, 5.74) is 6.43. The third kappa shape index (κ3) is 3.07. The smallest absolute Gasteiger partial charge is 0.0285 e. The van der Waals surface area contributed by atoms with Gasteiger partial charge in [0.25, 0.3) is 0 Å². The fraction of sp³-hybridized carbons (Fsp3) is 0.636. The van der Waals surface area contributed by atoms with E-state index < -0.39 is 0 Å². The number of hydrogen-bond donors (Lipinski definition) is 1. The molecule has 1 heterocycles. The fourth-order valence-electron chi connectivity index (χ4n) is 1.22. The van der Waals surface area contributed by atoms with Gasteiger partial charge in [0.2, 0.25) is 0 Å². The highest BCUT2D eigenvalue weighted by Crippen LogP contribution is 2.28. The lowest BCUT2D eigenvalue weighted by atomic mass is 9.80. The average Bonchev–Trinajstić information content (AvgIpc) is 2.51. The molecule has 1 aromatic heterocycles. The van der Waals surface area contributed by atoms with Gasteiger partial charge in [0.1, 0.15) is 0 Å². The van der Waals surface area contributed by atoms with Crippen LogP contribution in [-0.4, -0.2) is 6.04 Å². The lowest BCUT2D eigenvalue weighted by Crippen LogP contribution is -2.38. The van der Waals surface area contributed by atoms with Crippen molar-refractivity contribution in [1.82, 2.24) is 0 Å². The zero-order chi connectivity index (χ0) is 10.8. The van der Waals surface area contributed by atoms with Gasteiger partial charge in [-0.3, -0.25) is 0 Å². The molecule has 0 radical (unpaired) electrons. The summed E-state index contributed by atoms with van der Waals surface area (Å²) in [6, 6.07) is 2.41. The van der Waals surface area contributed by atoms with Crippen molar-refractivity contribution >= 4 is 27.3 Å². The molecule has 0 aliphatic carbocycles. The highest BCUT2D eigenvalue weighted by atomic mass is 79.9. The summed E-state index contributed by atoms with van der Waals surface area (Å²) in [7, 11) is 0. The van der Waals surface area contributed by atoms with Gasteiger partial charge in [-0.05, 0) is 40.3 Å². The first-order valence-corrected chi connectivity index (χ1v) is 6.61. The second-order valence-electron chi connectivity index (χ2n) is 4.38. The molecule has 80 valence electrons. The van der Waals surface area contributed by atoms with Crippen LogP contribution in [0, 0.1) is 5.41 Å². The Morgan fingerprint density at radius 1 is 1.57 bits per heavy atom. The zero-order valence-corrected chi connectivity index (χ0v) is 11.4. The molecule has 2 N–H and O–H groups in total. The maximum atomic E-state index is 6.19. The van der Waals surface area contributed by atoms with Crippen molar-refractivity contribution in [3.8, 4) is 0 Å². The second-order valence-corrected chi connectivity index (χ2v) is 6.30. The molecule has 1 unspecified atom stereocenters. The van der Waals surface area contributed by atoms with Gasteiger partial charge in [0.15, 0.2) is 0 Å². The van der Waals surface area contributed by atoms with Crippen molar-refractivity contribution in [2.75, 3.05) is 0 Å². The van der Waals surface area contributed by atoms with E-state index in [1.165, 1.54) is 9.35 Å². The Balaban J connectivity index is 2.61. The minimum atomic E-state index is 0.233. The Morgan fingerprint density at radius 3 is 2.64 bits per heavy atom. The van der Waals surface area contributed by atoms with E-state index in [2.05, 4.69) is 48.1 Å². The van der Waals surface area contributed by atoms with E-state index in [0.717, 1.165) is 12.8 Å². The molecule has 14 heavy (non-hydrogen) atoms. The van der Waals surface area contributed by atoms with Gasteiger partial charge in [-0.2, -0.15) is 0 Å². The molecule has 0 aliphatic heterocycles. The van der Waals surface area contributed by atoms with Gasteiger partial charge in [0.05, 0.1) is 0 Å². The van der Waals surface area contributed by atoms with E-state index in [1.54, 1.807) is 11.3 Å². The van der Waals surface area contributed by atoms with Crippen molar-refractivity contribution in [3.63, 3.8) is 0 Å². The highest BCUT2D eigenvalue weighted by Gasteiger charge is 2.24. The summed E-state index contributed by atoms with van der Waals surface area (Å²) in [5.74, 6) is 0. The van der Waals surface area contributed by atoms with Crippen molar-refractivity contribution < 1.29 is 0 Å². The quantitative estimate of drug-likeness (QED) is 0.889. The molecule has 0 bridgehead atoms. The zero-order valence-electron chi connectivity index (χ0n) is 9.01. The van der Waals surface area contributed by atoms with Crippen LogP contribution in [0.3, 0.4) is 0 Å². The largest absolute Gasteiger partial charge is 0.327 e. The molecule has 1 aromatic rings. The normalized spacial score (nSPS) is 14.4. The van der Waals surface area contributed by atoms with E-state index in [4.69, 9.17) is 5.73 Å². The summed E-state index contributed by atoms with van der Waals surface area (Å²) < 4.78 is 1.17. The first kappa shape index (κ1) is 12.2. The molecule has 1 atom stereocenters. The van der Waals surface area contributed by atoms with E-state index in [-0.39, 0.29) is 11.5 Å². The minimum absolute atomic E-state index is 0.233. The molecule has 1 nitrogen and oxygen atoms in total. The minimum Gasteiger partial charge on any atom is -0.327 e. The summed E-state index contributed by atoms with van der Waals surface area (Å²) in [5, 5.41) is 2.11. The molecule has 0 amide bonds. The number of nitrogens with two attached hydrogens (primary N) is 1. The molecular weight excluding hydrogens is 258 g/mol. The number of rotatable bonds is 4. The van der Waals surface area contributed by atoms with Crippen LogP contribution in [0.1, 0.15) is 32.1 Å². The van der Waals surface area contributed by atoms with Crippen LogP contribution in [-0.2, 0) is 6.42 Å². The highest BCUT2D eigenvalue weighted by molar-refractivity contribution is 9.10. The summed E-state index contributed by atoms with van der Waals surface area (Å²) in [6.07, 6.45) is 2.11. The van der Waals surface area contributed by atoms with E-state index in [1.807, 2.05) is 0 Å². The predicted octanol–water partition coefficient (Wildman–Crippen LogP) is 3.82.